The van der Waals surface area contributed by atoms with Gasteiger partial charge in [0.1, 0.15) is 11.2 Å². The van der Waals surface area contributed by atoms with Crippen LogP contribution < -0.4 is 0 Å². The second kappa shape index (κ2) is 15.0. The summed E-state index contributed by atoms with van der Waals surface area (Å²) in [7, 11) is 3.36. The molecule has 214 valence electrons. The Morgan fingerprint density at radius 2 is 1.18 bits per heavy atom. The Morgan fingerprint density at radius 1 is 0.795 bits per heavy atom. The molecule has 2 N–H and O–H groups in total. The molecule has 0 aliphatic rings. The van der Waals surface area contributed by atoms with E-state index >= 15 is 0 Å². The van der Waals surface area contributed by atoms with Crippen molar-refractivity contribution in [2.75, 3.05) is 14.1 Å². The molecular weight excluding hydrogens is 524 g/mol. The molecule has 0 saturated carbocycles. The van der Waals surface area contributed by atoms with Gasteiger partial charge in [0.25, 0.3) is 0 Å². The highest BCUT2D eigenvalue weighted by atomic mass is 35.5. The fourth-order valence-corrected chi connectivity index (χ4v) is 3.06. The van der Waals surface area contributed by atoms with Crippen LogP contribution in [-0.4, -0.2) is 69.1 Å². The van der Waals surface area contributed by atoms with E-state index in [-0.39, 0.29) is 17.4 Å². The first-order valence-electron chi connectivity index (χ1n) is 12.2. The standard InChI is InChI=1S/C14H19ClN2O3.C14H20N2O3/c1-14(2,3)20-13(18)17(4)9-10-5-7-11(8-6-10)12(15)16-19;1-14(2,3)19-13(17)16(4)10-12-7-5-11(6-8-12)9-15-18/h5-8,19H,9H2,1-4H3;5-9,18H,10H2,1-4H3/b16-12-;15-9+. The number of hydrogen-bond acceptors (Lipinski definition) is 8. The second-order valence-corrected chi connectivity index (χ2v) is 11.1. The Balaban J connectivity index is 0.000000391. The number of rotatable bonds is 6. The third kappa shape index (κ3) is 13.5. The quantitative estimate of drug-likeness (QED) is 0.242. The van der Waals surface area contributed by atoms with Crippen LogP contribution in [0.4, 0.5) is 9.59 Å². The molecule has 0 unspecified atom stereocenters. The fraction of sp³-hybridized carbons (Fsp3) is 0.429. The van der Waals surface area contributed by atoms with Crippen molar-refractivity contribution in [1.82, 2.24) is 9.80 Å². The third-order valence-electron chi connectivity index (χ3n) is 4.72. The minimum Gasteiger partial charge on any atom is -0.444 e. The van der Waals surface area contributed by atoms with Crippen molar-refractivity contribution < 1.29 is 29.5 Å². The van der Waals surface area contributed by atoms with Crippen molar-refractivity contribution in [2.45, 2.75) is 65.8 Å². The van der Waals surface area contributed by atoms with Crippen LogP contribution in [0.2, 0.25) is 0 Å². The van der Waals surface area contributed by atoms with Gasteiger partial charge in [-0.05, 0) is 58.2 Å². The average Bonchev–Trinajstić information content (AvgIpc) is 2.83. The van der Waals surface area contributed by atoms with Crippen LogP contribution in [0.25, 0.3) is 0 Å². The first kappa shape index (κ1) is 33.2. The lowest BCUT2D eigenvalue weighted by atomic mass is 10.1. The highest BCUT2D eigenvalue weighted by Crippen LogP contribution is 2.14. The molecule has 0 atom stereocenters. The lowest BCUT2D eigenvalue weighted by Crippen LogP contribution is -2.33. The predicted octanol–water partition coefficient (Wildman–Crippen LogP) is 6.29. The summed E-state index contributed by atoms with van der Waals surface area (Å²) in [4.78, 5) is 26.6. The van der Waals surface area contributed by atoms with Crippen LogP contribution in [0.1, 0.15) is 63.8 Å². The smallest absolute Gasteiger partial charge is 0.410 e. The number of nitrogens with zero attached hydrogens (tertiary/aromatic N) is 4. The van der Waals surface area contributed by atoms with E-state index in [0.717, 1.165) is 16.7 Å². The van der Waals surface area contributed by atoms with Crippen LogP contribution >= 0.6 is 11.6 Å². The summed E-state index contributed by atoms with van der Waals surface area (Å²) in [5.41, 5.74) is 2.30. The summed E-state index contributed by atoms with van der Waals surface area (Å²) in [6.07, 6.45) is 0.617. The van der Waals surface area contributed by atoms with Gasteiger partial charge in [-0.3, -0.25) is 0 Å². The van der Waals surface area contributed by atoms with Crippen LogP contribution in [0.5, 0.6) is 0 Å². The van der Waals surface area contributed by atoms with Gasteiger partial charge in [-0.25, -0.2) is 9.59 Å². The van der Waals surface area contributed by atoms with Gasteiger partial charge in [0.2, 0.25) is 0 Å². The summed E-state index contributed by atoms with van der Waals surface area (Å²) in [6.45, 7) is 11.9. The molecule has 10 nitrogen and oxygen atoms in total. The molecule has 0 fully saturated rings. The number of benzene rings is 2. The Labute approximate surface area is 235 Å². The Morgan fingerprint density at radius 3 is 1.51 bits per heavy atom. The molecule has 0 aliphatic heterocycles. The Bertz CT molecular complexity index is 1120. The van der Waals surface area contributed by atoms with E-state index in [1.807, 2.05) is 77.9 Å². The number of carbonyl (C=O) groups is 2. The maximum atomic E-state index is 11.8. The molecule has 0 bridgehead atoms. The van der Waals surface area contributed by atoms with Gasteiger partial charge in [-0.15, -0.1) is 0 Å². The highest BCUT2D eigenvalue weighted by molar-refractivity contribution is 6.69. The normalized spacial score (nSPS) is 11.9. The minimum atomic E-state index is -0.514. The van der Waals surface area contributed by atoms with Crippen molar-refractivity contribution in [2.24, 2.45) is 10.3 Å². The van der Waals surface area contributed by atoms with Crippen molar-refractivity contribution >= 4 is 35.2 Å². The molecule has 0 saturated heterocycles. The maximum absolute atomic E-state index is 11.8. The molecule has 2 aromatic carbocycles. The Kier molecular flexibility index (Phi) is 12.8. The van der Waals surface area contributed by atoms with Gasteiger partial charge in [-0.2, -0.15) is 0 Å². The highest BCUT2D eigenvalue weighted by Gasteiger charge is 2.20. The van der Waals surface area contributed by atoms with E-state index in [9.17, 15) is 9.59 Å². The SMILES string of the molecule is CN(Cc1ccc(/C(Cl)=N/O)cc1)C(=O)OC(C)(C)C.CN(Cc1ccc(/C=N/O)cc1)C(=O)OC(C)(C)C. The lowest BCUT2D eigenvalue weighted by molar-refractivity contribution is 0.0275. The number of amides is 2. The van der Waals surface area contributed by atoms with E-state index < -0.39 is 11.2 Å². The second-order valence-electron chi connectivity index (χ2n) is 10.7. The topological polar surface area (TPSA) is 124 Å². The van der Waals surface area contributed by atoms with Gasteiger partial charge >= 0.3 is 12.2 Å². The maximum Gasteiger partial charge on any atom is 0.410 e. The predicted molar refractivity (Wildman–Crippen MR) is 152 cm³/mol. The third-order valence-corrected chi connectivity index (χ3v) is 5.01. The summed E-state index contributed by atoms with van der Waals surface area (Å²) >= 11 is 5.69. The molecule has 0 heterocycles. The molecule has 11 heteroatoms. The van der Waals surface area contributed by atoms with Crippen LogP contribution in [0.3, 0.4) is 0 Å². The summed E-state index contributed by atoms with van der Waals surface area (Å²) < 4.78 is 10.5. The molecule has 2 aromatic rings. The number of carbonyl (C=O) groups excluding carboxylic acids is 2. The molecule has 0 aliphatic carbocycles. The van der Waals surface area contributed by atoms with Gasteiger partial charge in [0.05, 0.1) is 6.21 Å². The summed E-state index contributed by atoms with van der Waals surface area (Å²) in [5, 5.41) is 22.9. The number of ether oxygens (including phenoxy) is 2. The Hall–Kier alpha value is -3.79. The van der Waals surface area contributed by atoms with E-state index in [0.29, 0.717) is 18.7 Å². The molecule has 2 rings (SSSR count). The van der Waals surface area contributed by atoms with Crippen molar-refractivity contribution in [3.63, 3.8) is 0 Å². The number of halogens is 1. The molecule has 0 aromatic heterocycles. The monoisotopic (exact) mass is 562 g/mol. The van der Waals surface area contributed by atoms with Gasteiger partial charge in [0.15, 0.2) is 5.17 Å². The zero-order valence-electron chi connectivity index (χ0n) is 23.8. The van der Waals surface area contributed by atoms with E-state index in [1.165, 1.54) is 16.0 Å². The van der Waals surface area contributed by atoms with Crippen molar-refractivity contribution in [1.29, 1.82) is 0 Å². The average molecular weight is 563 g/mol. The van der Waals surface area contributed by atoms with Crippen LogP contribution in [-0.2, 0) is 22.6 Å². The van der Waals surface area contributed by atoms with E-state index in [4.69, 9.17) is 31.5 Å². The molecule has 39 heavy (non-hydrogen) atoms. The van der Waals surface area contributed by atoms with Crippen molar-refractivity contribution in [3.05, 3.63) is 70.8 Å². The van der Waals surface area contributed by atoms with E-state index in [1.54, 1.807) is 26.2 Å². The first-order valence-corrected chi connectivity index (χ1v) is 12.5. The number of hydrogen-bond donors (Lipinski definition) is 2. The zero-order valence-corrected chi connectivity index (χ0v) is 24.6. The van der Waals surface area contributed by atoms with Gasteiger partial charge < -0.3 is 29.7 Å². The molecule has 2 amide bonds. The van der Waals surface area contributed by atoms with Crippen LogP contribution in [0.15, 0.2) is 58.8 Å². The number of oxime groups is 2. The summed E-state index contributed by atoms with van der Waals surface area (Å²) in [6, 6.07) is 14.4. The van der Waals surface area contributed by atoms with Crippen molar-refractivity contribution in [3.8, 4) is 0 Å². The van der Waals surface area contributed by atoms with Crippen LogP contribution in [0, 0.1) is 0 Å². The van der Waals surface area contributed by atoms with Gasteiger partial charge in [0, 0.05) is 32.7 Å². The fourth-order valence-electron chi connectivity index (χ4n) is 2.94. The van der Waals surface area contributed by atoms with E-state index in [2.05, 4.69) is 10.3 Å². The zero-order chi connectivity index (χ0) is 29.8. The largest absolute Gasteiger partial charge is 0.444 e. The summed E-state index contributed by atoms with van der Waals surface area (Å²) in [5.74, 6) is 0. The molecular formula is C28H39ClN4O6. The lowest BCUT2D eigenvalue weighted by Gasteiger charge is -2.24. The molecule has 0 spiro atoms. The minimum absolute atomic E-state index is 0.0250. The molecule has 0 radical (unpaired) electrons. The van der Waals surface area contributed by atoms with Gasteiger partial charge in [-0.1, -0.05) is 70.4 Å². The first-order chi connectivity index (χ1) is 18.0.